The van der Waals surface area contributed by atoms with E-state index < -0.39 is 0 Å². The van der Waals surface area contributed by atoms with E-state index in [1.807, 2.05) is 39.0 Å². The maximum Gasteiger partial charge on any atom is 0.274 e. The molecule has 9 aromatic rings. The van der Waals surface area contributed by atoms with Gasteiger partial charge in [0, 0.05) is 178 Å². The first-order valence-electron chi connectivity index (χ1n) is 32.2. The Morgan fingerprint density at radius 1 is 0.408 bits per heavy atom. The zero-order chi connectivity index (χ0) is 68.6. The number of piperazine rings is 3. The summed E-state index contributed by atoms with van der Waals surface area (Å²) in [5, 5.41) is 24.0. The lowest BCUT2D eigenvalue weighted by Crippen LogP contribution is -2.43. The molecule has 12 rings (SSSR count). The molecule has 30 heteroatoms. The van der Waals surface area contributed by atoms with Crippen LogP contribution in [0.2, 0.25) is 0 Å². The molecule has 0 radical (unpaired) electrons. The fraction of sp³-hybridized carbons (Fsp3) is 0.294. The van der Waals surface area contributed by atoms with Crippen LogP contribution in [0.4, 0.5) is 39.9 Å². The zero-order valence-corrected chi connectivity index (χ0v) is 54.8. The van der Waals surface area contributed by atoms with E-state index in [2.05, 4.69) is 117 Å². The number of nitrogens with zero attached hydrogens (tertiary/aromatic N) is 16. The van der Waals surface area contributed by atoms with Crippen LogP contribution in [0.15, 0.2) is 147 Å². The molecule has 98 heavy (non-hydrogen) atoms. The van der Waals surface area contributed by atoms with Gasteiger partial charge in [0.05, 0.1) is 52.7 Å². The van der Waals surface area contributed by atoms with Gasteiger partial charge in [-0.15, -0.1) is 0 Å². The molecule has 12 heterocycles. The largest absolute Gasteiger partial charge is 0.367 e. The molecule has 0 aliphatic carbocycles. The van der Waals surface area contributed by atoms with E-state index in [-0.39, 0.29) is 58.2 Å². The summed E-state index contributed by atoms with van der Waals surface area (Å²) >= 11 is 0. The van der Waals surface area contributed by atoms with E-state index in [9.17, 15) is 28.8 Å². The van der Waals surface area contributed by atoms with Crippen molar-refractivity contribution in [2.75, 3.05) is 135 Å². The fourth-order valence-electron chi connectivity index (χ4n) is 10.6. The van der Waals surface area contributed by atoms with Gasteiger partial charge in [0.15, 0.2) is 17.5 Å². The van der Waals surface area contributed by atoms with Crippen LogP contribution in [-0.4, -0.2) is 199 Å². The van der Waals surface area contributed by atoms with E-state index in [1.54, 1.807) is 116 Å². The number of amides is 6. The summed E-state index contributed by atoms with van der Waals surface area (Å²) in [6, 6.07) is 20.5. The predicted molar refractivity (Wildman–Crippen MR) is 372 cm³/mol. The summed E-state index contributed by atoms with van der Waals surface area (Å²) in [5.74, 6) is -0.00874. The first-order valence-corrected chi connectivity index (χ1v) is 32.2. The summed E-state index contributed by atoms with van der Waals surface area (Å²) in [6.45, 7) is 17.5. The van der Waals surface area contributed by atoms with Crippen molar-refractivity contribution in [1.29, 1.82) is 0 Å². The standard InChI is InChI=1S/C24H28N8O2.C23H26N8O2.C21H22N8O2/c1-3-31(4-2)24(34)19-6-5-17(15-28-19)22-27-10-7-18(29-22)23(33)30-20-16-26-9-8-21(20)32-13-11-25-12-14-32;1-2-3-21(32)30-20-5-4-16(14-27-20)22-26-9-6-17(28-22)23(33)29-18-15-25-8-7-19(18)31-12-10-24-11-13-31;1-22-20(30)15-3-2-14(12-26-15)19-25-7-4-16(27-19)21(31)28-17-13-24-6-5-18(17)29-10-8-23-9-11-29/h5-10,15-16,25H,3-4,11-14H2,1-2H3,(H,30,33);4-9,14-15,24H,2-3,10-13H2,1H3,(H,29,33)(H,27,30,32);2-7,12-13,23H,8-11H2,1H3,(H,22,30)(H,28,31). The van der Waals surface area contributed by atoms with Gasteiger partial charge < -0.3 is 62.1 Å². The molecular formula is C68H76N24O6. The molecule has 0 bridgehead atoms. The van der Waals surface area contributed by atoms with Crippen LogP contribution >= 0.6 is 0 Å². The van der Waals surface area contributed by atoms with E-state index >= 15 is 0 Å². The van der Waals surface area contributed by atoms with Gasteiger partial charge in [0.25, 0.3) is 29.5 Å². The van der Waals surface area contributed by atoms with Crippen molar-refractivity contribution in [2.24, 2.45) is 0 Å². The summed E-state index contributed by atoms with van der Waals surface area (Å²) in [6.07, 6.45) is 20.5. The second-order valence-electron chi connectivity index (χ2n) is 22.2. The third kappa shape index (κ3) is 18.4. The number of carbonyl (C=O) groups is 6. The van der Waals surface area contributed by atoms with Gasteiger partial charge in [-0.2, -0.15) is 0 Å². The molecule has 0 aromatic carbocycles. The van der Waals surface area contributed by atoms with Crippen LogP contribution in [0, 0.1) is 0 Å². The molecule has 0 spiro atoms. The molecule has 3 fully saturated rings. The summed E-state index contributed by atoms with van der Waals surface area (Å²) < 4.78 is 0. The minimum Gasteiger partial charge on any atom is -0.367 e. The molecule has 3 aliphatic heterocycles. The first kappa shape index (κ1) is 69.1. The zero-order valence-electron chi connectivity index (χ0n) is 54.8. The van der Waals surface area contributed by atoms with Gasteiger partial charge in [-0.05, 0) is 93.1 Å². The topological polar surface area (TPSA) is 366 Å². The summed E-state index contributed by atoms with van der Waals surface area (Å²) in [4.78, 5) is 134. The highest BCUT2D eigenvalue weighted by molar-refractivity contribution is 6.06. The van der Waals surface area contributed by atoms with Crippen molar-refractivity contribution in [1.82, 2.24) is 86.0 Å². The molecule has 0 atom stereocenters. The highest BCUT2D eigenvalue weighted by Gasteiger charge is 2.23. The van der Waals surface area contributed by atoms with Crippen LogP contribution in [0.1, 0.15) is 86.1 Å². The van der Waals surface area contributed by atoms with Gasteiger partial charge in [-0.1, -0.05) is 6.92 Å². The highest BCUT2D eigenvalue weighted by Crippen LogP contribution is 2.29. The van der Waals surface area contributed by atoms with Crippen LogP contribution in [-0.2, 0) is 4.79 Å². The Kier molecular flexibility index (Phi) is 24.4. The molecule has 0 unspecified atom stereocenters. The van der Waals surface area contributed by atoms with Crippen LogP contribution in [0.3, 0.4) is 0 Å². The third-order valence-corrected chi connectivity index (χ3v) is 15.7. The van der Waals surface area contributed by atoms with Crippen molar-refractivity contribution in [2.45, 2.75) is 33.6 Å². The van der Waals surface area contributed by atoms with Crippen LogP contribution < -0.4 is 57.2 Å². The third-order valence-electron chi connectivity index (χ3n) is 15.7. The quantitative estimate of drug-likeness (QED) is 0.0504. The minimum absolute atomic E-state index is 0.0803. The van der Waals surface area contributed by atoms with Crippen molar-refractivity contribution >= 4 is 75.4 Å². The average Bonchev–Trinajstić information content (AvgIpc) is 0.884. The average molecular weight is 1330 g/mol. The second kappa shape index (κ2) is 34.6. The molecule has 30 nitrogen and oxygen atoms in total. The van der Waals surface area contributed by atoms with Gasteiger partial charge >= 0.3 is 0 Å². The molecule has 8 N–H and O–H groups in total. The highest BCUT2D eigenvalue weighted by atomic mass is 16.2. The molecular weight excluding hydrogens is 1250 g/mol. The lowest BCUT2D eigenvalue weighted by atomic mass is 10.2. The Balaban J connectivity index is 0.000000159. The minimum atomic E-state index is -0.358. The molecule has 9 aromatic heterocycles. The maximum absolute atomic E-state index is 13.0. The van der Waals surface area contributed by atoms with Crippen molar-refractivity contribution in [3.8, 4) is 34.2 Å². The number of hydrogen-bond acceptors (Lipinski definition) is 24. The lowest BCUT2D eigenvalue weighted by molar-refractivity contribution is -0.116. The molecule has 6 amide bonds. The second-order valence-corrected chi connectivity index (χ2v) is 22.2. The van der Waals surface area contributed by atoms with Gasteiger partial charge in [0.2, 0.25) is 5.91 Å². The molecule has 3 saturated heterocycles. The monoisotopic (exact) mass is 1320 g/mol. The summed E-state index contributed by atoms with van der Waals surface area (Å²) in [5.41, 5.74) is 7.87. The summed E-state index contributed by atoms with van der Waals surface area (Å²) in [7, 11) is 1.54. The number of rotatable bonds is 19. The van der Waals surface area contributed by atoms with Crippen LogP contribution in [0.25, 0.3) is 34.2 Å². The number of carbonyl (C=O) groups excluding carboxylic acids is 6. The van der Waals surface area contributed by atoms with Crippen LogP contribution in [0.5, 0.6) is 0 Å². The van der Waals surface area contributed by atoms with Gasteiger partial charge in [0.1, 0.15) is 34.3 Å². The van der Waals surface area contributed by atoms with Crippen molar-refractivity contribution in [3.05, 3.63) is 176 Å². The van der Waals surface area contributed by atoms with E-state index in [4.69, 9.17) is 0 Å². The molecule has 0 saturated carbocycles. The number of anilines is 7. The Labute approximate surface area is 565 Å². The van der Waals surface area contributed by atoms with E-state index in [0.717, 1.165) is 102 Å². The number of pyridine rings is 6. The number of hydrogen-bond donors (Lipinski definition) is 8. The van der Waals surface area contributed by atoms with Crippen molar-refractivity contribution in [3.63, 3.8) is 0 Å². The SMILES string of the molecule is CCCC(=O)Nc1ccc(-c2nccc(C(=O)Nc3cnccc3N3CCNCC3)n2)cn1.CCN(CC)C(=O)c1ccc(-c2nccc(C(=O)Nc3cnccc3N3CCNCC3)n2)cn1.CNC(=O)c1ccc(-c2nccc(C(=O)Nc3cnccc3N3CCNCC3)n2)cn1. The van der Waals surface area contributed by atoms with Gasteiger partial charge in [-0.25, -0.2) is 34.9 Å². The predicted octanol–water partition coefficient (Wildman–Crippen LogP) is 5.37. The Bertz CT molecular complexity index is 4180. The maximum atomic E-state index is 13.0. The Morgan fingerprint density at radius 2 is 0.786 bits per heavy atom. The Hall–Kier alpha value is -11.8. The van der Waals surface area contributed by atoms with Gasteiger partial charge in [-0.3, -0.25) is 53.7 Å². The fourth-order valence-corrected chi connectivity index (χ4v) is 10.6. The first-order chi connectivity index (χ1) is 47.9. The smallest absolute Gasteiger partial charge is 0.274 e. The number of nitrogens with one attached hydrogen (secondary N) is 8. The molecule has 3 aliphatic rings. The Morgan fingerprint density at radius 3 is 1.12 bits per heavy atom. The lowest BCUT2D eigenvalue weighted by Gasteiger charge is -2.30. The number of aromatic nitrogens is 12. The van der Waals surface area contributed by atoms with E-state index in [1.165, 1.54) is 24.8 Å². The normalized spacial score (nSPS) is 13.4. The van der Waals surface area contributed by atoms with Crippen molar-refractivity contribution < 1.29 is 28.8 Å². The molecule has 504 valence electrons. The van der Waals surface area contributed by atoms with E-state index in [0.29, 0.717) is 82.2 Å².